The Balaban J connectivity index is 2.17. The summed E-state index contributed by atoms with van der Waals surface area (Å²) in [5.41, 5.74) is 15.7. The molecular weight excluding hydrogens is 336 g/mol. The predicted octanol–water partition coefficient (Wildman–Crippen LogP) is 3.48. The molecule has 0 fully saturated rings. The summed E-state index contributed by atoms with van der Waals surface area (Å²) in [5, 5.41) is 0. The Morgan fingerprint density at radius 1 is 0.741 bits per heavy atom. The molecule has 4 heteroatoms. The van der Waals surface area contributed by atoms with E-state index in [0.29, 0.717) is 17.9 Å². The van der Waals surface area contributed by atoms with Crippen LogP contribution in [0.5, 0.6) is 11.5 Å². The van der Waals surface area contributed by atoms with Crippen molar-refractivity contribution in [3.05, 3.63) is 95.6 Å². The number of para-hydroxylation sites is 2. The van der Waals surface area contributed by atoms with Crippen LogP contribution < -0.4 is 20.9 Å². The molecule has 4 nitrogen and oxygen atoms in total. The van der Waals surface area contributed by atoms with Crippen LogP contribution in [0, 0.1) is 0 Å². The van der Waals surface area contributed by atoms with Gasteiger partial charge in [-0.3, -0.25) is 0 Å². The van der Waals surface area contributed by atoms with E-state index < -0.39 is 11.6 Å². The fourth-order valence-corrected chi connectivity index (χ4v) is 3.55. The second kappa shape index (κ2) is 8.25. The van der Waals surface area contributed by atoms with Gasteiger partial charge in [0.15, 0.2) is 0 Å². The third-order valence-corrected chi connectivity index (χ3v) is 4.99. The topological polar surface area (TPSA) is 70.5 Å². The maximum absolute atomic E-state index is 7.10. The fourth-order valence-electron chi connectivity index (χ4n) is 3.55. The normalized spacial score (nSPS) is 12.4. The van der Waals surface area contributed by atoms with Crippen molar-refractivity contribution in [3.8, 4) is 11.5 Å². The molecule has 0 radical (unpaired) electrons. The van der Waals surface area contributed by atoms with E-state index in [9.17, 15) is 0 Å². The number of rotatable bonds is 7. The van der Waals surface area contributed by atoms with E-state index in [2.05, 4.69) is 12.1 Å². The second-order valence-corrected chi connectivity index (χ2v) is 6.57. The smallest absolute Gasteiger partial charge is 0.124 e. The highest BCUT2D eigenvalue weighted by Gasteiger charge is 2.40. The molecule has 4 N–H and O–H groups in total. The van der Waals surface area contributed by atoms with Crippen LogP contribution in [0.15, 0.2) is 78.9 Å². The van der Waals surface area contributed by atoms with Crippen molar-refractivity contribution in [1.82, 2.24) is 0 Å². The van der Waals surface area contributed by atoms with Crippen LogP contribution in [-0.2, 0) is 12.0 Å². The van der Waals surface area contributed by atoms with Crippen molar-refractivity contribution >= 4 is 0 Å². The van der Waals surface area contributed by atoms with Gasteiger partial charge in [-0.05, 0) is 24.1 Å². The first-order chi connectivity index (χ1) is 13.1. The SMILES string of the molecule is COc1ccccc1C(N)(c1ccccc1OC)C(N)Cc1ccccc1. The van der Waals surface area contributed by atoms with Gasteiger partial charge in [0.2, 0.25) is 0 Å². The van der Waals surface area contributed by atoms with E-state index in [-0.39, 0.29) is 0 Å². The van der Waals surface area contributed by atoms with Gasteiger partial charge < -0.3 is 20.9 Å². The highest BCUT2D eigenvalue weighted by Crippen LogP contribution is 2.40. The van der Waals surface area contributed by atoms with Crippen LogP contribution in [0.3, 0.4) is 0 Å². The molecule has 0 aliphatic rings. The number of hydrogen-bond donors (Lipinski definition) is 2. The van der Waals surface area contributed by atoms with Gasteiger partial charge in [-0.25, -0.2) is 0 Å². The van der Waals surface area contributed by atoms with E-state index >= 15 is 0 Å². The molecule has 1 atom stereocenters. The molecule has 0 aliphatic carbocycles. The monoisotopic (exact) mass is 362 g/mol. The second-order valence-electron chi connectivity index (χ2n) is 6.57. The summed E-state index contributed by atoms with van der Waals surface area (Å²) in [6, 6.07) is 25.2. The predicted molar refractivity (Wildman–Crippen MR) is 109 cm³/mol. The van der Waals surface area contributed by atoms with Gasteiger partial charge in [-0.2, -0.15) is 0 Å². The molecule has 0 bridgehead atoms. The third kappa shape index (κ3) is 3.68. The lowest BCUT2D eigenvalue weighted by atomic mass is 9.75. The summed E-state index contributed by atoms with van der Waals surface area (Å²) in [5.74, 6) is 1.41. The van der Waals surface area contributed by atoms with Crippen LogP contribution in [0.4, 0.5) is 0 Å². The maximum atomic E-state index is 7.10. The Hall–Kier alpha value is -2.82. The lowest BCUT2D eigenvalue weighted by Gasteiger charge is -2.38. The number of nitrogens with two attached hydrogens (primary N) is 2. The molecule has 1 unspecified atom stereocenters. The van der Waals surface area contributed by atoms with E-state index in [1.54, 1.807) is 14.2 Å². The zero-order valence-electron chi connectivity index (χ0n) is 15.8. The summed E-state index contributed by atoms with van der Waals surface area (Å²) < 4.78 is 11.2. The Kier molecular flexibility index (Phi) is 5.79. The van der Waals surface area contributed by atoms with Gasteiger partial charge in [0, 0.05) is 17.2 Å². The summed E-state index contributed by atoms with van der Waals surface area (Å²) in [6.07, 6.45) is 0.618. The molecule has 0 amide bonds. The van der Waals surface area contributed by atoms with E-state index in [1.165, 1.54) is 0 Å². The average molecular weight is 362 g/mol. The minimum absolute atomic E-state index is 0.396. The number of benzene rings is 3. The highest BCUT2D eigenvalue weighted by atomic mass is 16.5. The molecule has 0 aliphatic heterocycles. The Labute approximate surface area is 160 Å². The number of ether oxygens (including phenoxy) is 2. The molecular formula is C23H26N2O2. The van der Waals surface area contributed by atoms with Gasteiger partial charge in [0.25, 0.3) is 0 Å². The van der Waals surface area contributed by atoms with Gasteiger partial charge in [-0.1, -0.05) is 66.7 Å². The van der Waals surface area contributed by atoms with E-state index in [4.69, 9.17) is 20.9 Å². The molecule has 0 spiro atoms. The van der Waals surface area contributed by atoms with Crippen molar-refractivity contribution in [2.24, 2.45) is 11.5 Å². The molecule has 3 aromatic carbocycles. The third-order valence-electron chi connectivity index (χ3n) is 4.99. The van der Waals surface area contributed by atoms with Crippen LogP contribution in [0.2, 0.25) is 0 Å². The Bertz CT molecular complexity index is 833. The Morgan fingerprint density at radius 3 is 1.67 bits per heavy atom. The zero-order valence-corrected chi connectivity index (χ0v) is 15.8. The maximum Gasteiger partial charge on any atom is 0.124 e. The number of methoxy groups -OCH3 is 2. The zero-order chi connectivity index (χ0) is 19.3. The van der Waals surface area contributed by atoms with Gasteiger partial charge >= 0.3 is 0 Å². The summed E-state index contributed by atoms with van der Waals surface area (Å²) in [6.45, 7) is 0. The molecule has 0 aromatic heterocycles. The minimum atomic E-state index is -0.991. The highest BCUT2D eigenvalue weighted by molar-refractivity contribution is 5.52. The molecule has 0 saturated carbocycles. The largest absolute Gasteiger partial charge is 0.496 e. The molecule has 0 heterocycles. The standard InChI is InChI=1S/C23H26N2O2/c1-26-20-14-8-6-12-18(20)23(25,19-13-7-9-15-21(19)27-2)22(24)16-17-10-4-3-5-11-17/h3-15,22H,16,24-25H2,1-2H3. The van der Waals surface area contributed by atoms with Gasteiger partial charge in [-0.15, -0.1) is 0 Å². The summed E-state index contributed by atoms with van der Waals surface area (Å²) in [4.78, 5) is 0. The quantitative estimate of drug-likeness (QED) is 0.675. The van der Waals surface area contributed by atoms with Gasteiger partial charge in [0.1, 0.15) is 11.5 Å². The molecule has 140 valence electrons. The molecule has 3 aromatic rings. The van der Waals surface area contributed by atoms with Crippen LogP contribution >= 0.6 is 0 Å². The molecule has 27 heavy (non-hydrogen) atoms. The first-order valence-corrected chi connectivity index (χ1v) is 8.96. The lowest BCUT2D eigenvalue weighted by molar-refractivity contribution is 0.349. The Morgan fingerprint density at radius 2 is 1.19 bits per heavy atom. The van der Waals surface area contributed by atoms with Crippen molar-refractivity contribution in [1.29, 1.82) is 0 Å². The summed E-state index contributed by atoms with van der Waals surface area (Å²) in [7, 11) is 3.29. The fraction of sp³-hybridized carbons (Fsp3) is 0.217. The van der Waals surface area contributed by atoms with Crippen LogP contribution in [-0.4, -0.2) is 20.3 Å². The van der Waals surface area contributed by atoms with Crippen molar-refractivity contribution in [3.63, 3.8) is 0 Å². The van der Waals surface area contributed by atoms with Gasteiger partial charge in [0.05, 0.1) is 19.8 Å². The van der Waals surface area contributed by atoms with Crippen molar-refractivity contribution in [2.45, 2.75) is 18.0 Å². The average Bonchev–Trinajstić information content (AvgIpc) is 2.73. The first kappa shape index (κ1) is 19.0. The molecule has 3 rings (SSSR count). The molecule has 0 saturated heterocycles. The van der Waals surface area contributed by atoms with Crippen LogP contribution in [0.25, 0.3) is 0 Å². The summed E-state index contributed by atoms with van der Waals surface area (Å²) >= 11 is 0. The van der Waals surface area contributed by atoms with Crippen LogP contribution in [0.1, 0.15) is 16.7 Å². The van der Waals surface area contributed by atoms with Crippen molar-refractivity contribution < 1.29 is 9.47 Å². The minimum Gasteiger partial charge on any atom is -0.496 e. The lowest BCUT2D eigenvalue weighted by Crippen LogP contribution is -2.54. The van der Waals surface area contributed by atoms with Crippen molar-refractivity contribution in [2.75, 3.05) is 14.2 Å². The van der Waals surface area contributed by atoms with E-state index in [0.717, 1.165) is 16.7 Å². The van der Waals surface area contributed by atoms with E-state index in [1.807, 2.05) is 66.7 Å². The number of hydrogen-bond acceptors (Lipinski definition) is 4. The first-order valence-electron chi connectivity index (χ1n) is 8.96.